The van der Waals surface area contributed by atoms with Crippen molar-refractivity contribution in [1.29, 1.82) is 0 Å². The third-order valence-electron chi connectivity index (χ3n) is 1.58. The van der Waals surface area contributed by atoms with Crippen LogP contribution in [0.15, 0.2) is 12.4 Å². The summed E-state index contributed by atoms with van der Waals surface area (Å²) in [4.78, 5) is 20.4. The van der Waals surface area contributed by atoms with Crippen molar-refractivity contribution in [2.24, 2.45) is 0 Å². The Hall–Kier alpha value is -1.45. The molecule has 1 aromatic heterocycles. The molecular formula is C8H11N3O. The molecule has 1 aromatic rings. The van der Waals surface area contributed by atoms with E-state index >= 15 is 0 Å². The van der Waals surface area contributed by atoms with Gasteiger partial charge in [-0.2, -0.15) is 0 Å². The first kappa shape index (κ1) is 8.64. The van der Waals surface area contributed by atoms with Gasteiger partial charge < -0.3 is 0 Å². The zero-order chi connectivity index (χ0) is 9.14. The van der Waals surface area contributed by atoms with Crippen LogP contribution in [0.4, 0.5) is 5.82 Å². The van der Waals surface area contributed by atoms with E-state index < -0.39 is 0 Å². The zero-order valence-corrected chi connectivity index (χ0v) is 7.40. The molecule has 0 spiro atoms. The number of aryl methyl sites for hydroxylation is 1. The summed E-state index contributed by atoms with van der Waals surface area (Å²) in [5, 5.41) is 0. The molecule has 1 rings (SSSR count). The smallest absolute Gasteiger partial charge is 0.224 e. The summed E-state index contributed by atoms with van der Waals surface area (Å²) in [7, 11) is 1.67. The van der Waals surface area contributed by atoms with E-state index in [9.17, 15) is 4.79 Å². The third-order valence-corrected chi connectivity index (χ3v) is 1.58. The first-order chi connectivity index (χ1) is 5.61. The minimum atomic E-state index is -0.0480. The van der Waals surface area contributed by atoms with E-state index in [1.165, 1.54) is 11.8 Å². The quantitative estimate of drug-likeness (QED) is 0.617. The minimum Gasteiger partial charge on any atom is -0.299 e. The number of nitrogens with zero attached hydrogens (tertiary/aromatic N) is 3. The lowest BCUT2D eigenvalue weighted by atomic mass is 10.5. The first-order valence-electron chi connectivity index (χ1n) is 3.64. The van der Waals surface area contributed by atoms with Gasteiger partial charge in [-0.05, 0) is 6.92 Å². The highest BCUT2D eigenvalue weighted by Gasteiger charge is 2.05. The summed E-state index contributed by atoms with van der Waals surface area (Å²) in [5.41, 5.74) is 0.843. The zero-order valence-electron chi connectivity index (χ0n) is 7.40. The lowest BCUT2D eigenvalue weighted by molar-refractivity contribution is -0.116. The monoisotopic (exact) mass is 165 g/mol. The van der Waals surface area contributed by atoms with E-state index in [0.717, 1.165) is 5.69 Å². The highest BCUT2D eigenvalue weighted by molar-refractivity contribution is 5.89. The van der Waals surface area contributed by atoms with Crippen molar-refractivity contribution >= 4 is 11.7 Å². The van der Waals surface area contributed by atoms with Crippen LogP contribution in [0.25, 0.3) is 0 Å². The summed E-state index contributed by atoms with van der Waals surface area (Å²) < 4.78 is 0. The third kappa shape index (κ3) is 1.78. The van der Waals surface area contributed by atoms with E-state index in [1.807, 2.05) is 6.92 Å². The summed E-state index contributed by atoms with van der Waals surface area (Å²) in [5.74, 6) is 0.529. The fraction of sp³-hybridized carbons (Fsp3) is 0.375. The van der Waals surface area contributed by atoms with Gasteiger partial charge in [0.1, 0.15) is 0 Å². The number of amides is 1. The topological polar surface area (TPSA) is 46.1 Å². The van der Waals surface area contributed by atoms with Crippen LogP contribution in [-0.4, -0.2) is 22.9 Å². The normalized spacial score (nSPS) is 9.58. The maximum Gasteiger partial charge on any atom is 0.224 e. The predicted octanol–water partition coefficient (Wildman–Crippen LogP) is 0.768. The average molecular weight is 165 g/mol. The van der Waals surface area contributed by atoms with Crippen molar-refractivity contribution < 1.29 is 4.79 Å². The number of carbonyl (C=O) groups is 1. The average Bonchev–Trinajstić information content (AvgIpc) is 2.04. The maximum atomic E-state index is 10.9. The Labute approximate surface area is 71.3 Å². The van der Waals surface area contributed by atoms with Crippen molar-refractivity contribution in [1.82, 2.24) is 9.97 Å². The molecule has 0 fully saturated rings. The molecule has 0 N–H and O–H groups in total. The minimum absolute atomic E-state index is 0.0480. The Balaban J connectivity index is 2.89. The van der Waals surface area contributed by atoms with Crippen molar-refractivity contribution in [3.05, 3.63) is 18.1 Å². The molecule has 4 nitrogen and oxygen atoms in total. The van der Waals surface area contributed by atoms with Crippen LogP contribution in [-0.2, 0) is 4.79 Å². The van der Waals surface area contributed by atoms with Gasteiger partial charge >= 0.3 is 0 Å². The SMILES string of the molecule is CC(=O)N(C)c1cnc(C)cn1. The van der Waals surface area contributed by atoms with E-state index in [-0.39, 0.29) is 5.91 Å². The number of hydrogen-bond acceptors (Lipinski definition) is 3. The van der Waals surface area contributed by atoms with Gasteiger partial charge in [0.05, 0.1) is 18.1 Å². The molecule has 0 radical (unpaired) electrons. The van der Waals surface area contributed by atoms with E-state index in [1.54, 1.807) is 19.4 Å². The molecule has 0 aliphatic rings. The molecule has 0 unspecified atom stereocenters. The first-order valence-corrected chi connectivity index (χ1v) is 3.64. The van der Waals surface area contributed by atoms with Gasteiger partial charge in [0, 0.05) is 14.0 Å². The molecule has 0 saturated carbocycles. The van der Waals surface area contributed by atoms with Gasteiger partial charge in [-0.15, -0.1) is 0 Å². The number of anilines is 1. The Kier molecular flexibility index (Phi) is 2.38. The van der Waals surface area contributed by atoms with E-state index in [4.69, 9.17) is 0 Å². The van der Waals surface area contributed by atoms with Gasteiger partial charge in [-0.1, -0.05) is 0 Å². The molecule has 0 aromatic carbocycles. The lowest BCUT2D eigenvalue weighted by Gasteiger charge is -2.12. The van der Waals surface area contributed by atoms with Crippen LogP contribution in [0.1, 0.15) is 12.6 Å². The van der Waals surface area contributed by atoms with E-state index in [2.05, 4.69) is 9.97 Å². The molecular weight excluding hydrogens is 154 g/mol. The molecule has 0 bridgehead atoms. The summed E-state index contributed by atoms with van der Waals surface area (Å²) in [6.45, 7) is 3.34. The number of hydrogen-bond donors (Lipinski definition) is 0. The largest absolute Gasteiger partial charge is 0.299 e. The van der Waals surface area contributed by atoms with E-state index in [0.29, 0.717) is 5.82 Å². The van der Waals surface area contributed by atoms with Crippen LogP contribution in [0.5, 0.6) is 0 Å². The summed E-state index contributed by atoms with van der Waals surface area (Å²) in [6.07, 6.45) is 3.21. The molecule has 4 heteroatoms. The van der Waals surface area contributed by atoms with Crippen molar-refractivity contribution in [2.75, 3.05) is 11.9 Å². The molecule has 0 saturated heterocycles. The van der Waals surface area contributed by atoms with Crippen LogP contribution in [0.3, 0.4) is 0 Å². The Morgan fingerprint density at radius 1 is 1.42 bits per heavy atom. The molecule has 1 amide bonds. The van der Waals surface area contributed by atoms with Gasteiger partial charge in [-0.3, -0.25) is 14.7 Å². The van der Waals surface area contributed by atoms with Crippen LogP contribution in [0.2, 0.25) is 0 Å². The Bertz CT molecular complexity index is 281. The fourth-order valence-electron chi connectivity index (χ4n) is 0.720. The highest BCUT2D eigenvalue weighted by atomic mass is 16.2. The molecule has 12 heavy (non-hydrogen) atoms. The van der Waals surface area contributed by atoms with Crippen LogP contribution < -0.4 is 4.90 Å². The maximum absolute atomic E-state index is 10.9. The van der Waals surface area contributed by atoms with Crippen molar-refractivity contribution in [3.63, 3.8) is 0 Å². The van der Waals surface area contributed by atoms with Gasteiger partial charge in [0.25, 0.3) is 0 Å². The number of rotatable bonds is 1. The molecule has 0 atom stereocenters. The second kappa shape index (κ2) is 3.30. The van der Waals surface area contributed by atoms with Gasteiger partial charge in [-0.25, -0.2) is 4.98 Å². The predicted molar refractivity (Wildman–Crippen MR) is 45.9 cm³/mol. The van der Waals surface area contributed by atoms with Gasteiger partial charge in [0.15, 0.2) is 5.82 Å². The van der Waals surface area contributed by atoms with Crippen LogP contribution in [0, 0.1) is 6.92 Å². The summed E-state index contributed by atoms with van der Waals surface area (Å²) >= 11 is 0. The highest BCUT2D eigenvalue weighted by Crippen LogP contribution is 2.05. The Morgan fingerprint density at radius 2 is 2.08 bits per heavy atom. The molecule has 0 aliphatic heterocycles. The lowest BCUT2D eigenvalue weighted by Crippen LogP contribution is -2.23. The van der Waals surface area contributed by atoms with Crippen molar-refractivity contribution in [2.45, 2.75) is 13.8 Å². The fourth-order valence-corrected chi connectivity index (χ4v) is 0.720. The molecule has 64 valence electrons. The molecule has 1 heterocycles. The standard InChI is InChI=1S/C8H11N3O/c1-6-4-10-8(5-9-6)11(3)7(2)12/h4-5H,1-3H3. The van der Waals surface area contributed by atoms with Gasteiger partial charge in [0.2, 0.25) is 5.91 Å². The Morgan fingerprint density at radius 3 is 2.50 bits per heavy atom. The number of carbonyl (C=O) groups excluding carboxylic acids is 1. The second-order valence-electron chi connectivity index (χ2n) is 2.59. The second-order valence-corrected chi connectivity index (χ2v) is 2.59. The number of aromatic nitrogens is 2. The van der Waals surface area contributed by atoms with Crippen LogP contribution >= 0.6 is 0 Å². The molecule has 0 aliphatic carbocycles. The van der Waals surface area contributed by atoms with Crippen molar-refractivity contribution in [3.8, 4) is 0 Å². The summed E-state index contributed by atoms with van der Waals surface area (Å²) in [6, 6.07) is 0.